The summed E-state index contributed by atoms with van der Waals surface area (Å²) >= 11 is 3.40. The van der Waals surface area contributed by atoms with E-state index in [2.05, 4.69) is 15.9 Å². The molecule has 0 aliphatic carbocycles. The third kappa shape index (κ3) is 3.63. The Labute approximate surface area is 180 Å². The number of aryl methyl sites for hydroxylation is 1. The highest BCUT2D eigenvalue weighted by atomic mass is 79.9. The number of furan rings is 1. The van der Waals surface area contributed by atoms with Crippen molar-refractivity contribution in [1.82, 2.24) is 9.21 Å². The molecule has 0 radical (unpaired) electrons. The van der Waals surface area contributed by atoms with Crippen molar-refractivity contribution in [2.24, 2.45) is 0 Å². The van der Waals surface area contributed by atoms with Crippen molar-refractivity contribution in [3.63, 3.8) is 0 Å². The van der Waals surface area contributed by atoms with Crippen LogP contribution in [0, 0.1) is 18.6 Å². The van der Waals surface area contributed by atoms with Crippen molar-refractivity contribution in [2.75, 3.05) is 26.2 Å². The van der Waals surface area contributed by atoms with Crippen molar-refractivity contribution in [3.8, 4) is 0 Å². The Morgan fingerprint density at radius 3 is 2.43 bits per heavy atom. The van der Waals surface area contributed by atoms with Crippen LogP contribution in [0.5, 0.6) is 0 Å². The monoisotopic (exact) mass is 498 g/mol. The number of benzene rings is 2. The van der Waals surface area contributed by atoms with E-state index in [1.165, 1.54) is 4.90 Å². The van der Waals surface area contributed by atoms with Crippen LogP contribution in [0.1, 0.15) is 16.1 Å². The molecule has 6 nitrogen and oxygen atoms in total. The maximum atomic E-state index is 14.0. The van der Waals surface area contributed by atoms with Gasteiger partial charge in [-0.15, -0.1) is 0 Å². The molecule has 4 rings (SSSR count). The van der Waals surface area contributed by atoms with Crippen LogP contribution in [-0.2, 0) is 10.0 Å². The minimum Gasteiger partial charge on any atom is -0.451 e. The van der Waals surface area contributed by atoms with Gasteiger partial charge in [0, 0.05) is 47.7 Å². The summed E-state index contributed by atoms with van der Waals surface area (Å²) in [5.41, 5.74) is 1.30. The fraction of sp³-hybridized carbons (Fsp3) is 0.250. The van der Waals surface area contributed by atoms with Crippen LogP contribution in [-0.4, -0.2) is 49.7 Å². The second-order valence-electron chi connectivity index (χ2n) is 6.97. The molecule has 2 heterocycles. The summed E-state index contributed by atoms with van der Waals surface area (Å²) in [6, 6.07) is 7.80. The Hall–Kier alpha value is -2.30. The zero-order chi connectivity index (χ0) is 21.6. The lowest BCUT2D eigenvalue weighted by Gasteiger charge is -2.33. The Balaban J connectivity index is 1.52. The lowest BCUT2D eigenvalue weighted by atomic mass is 10.1. The number of amides is 1. The Morgan fingerprint density at radius 1 is 1.07 bits per heavy atom. The minimum absolute atomic E-state index is 0.00425. The largest absolute Gasteiger partial charge is 0.451 e. The summed E-state index contributed by atoms with van der Waals surface area (Å²) in [5.74, 6) is -2.11. The van der Waals surface area contributed by atoms with Crippen LogP contribution >= 0.6 is 15.9 Å². The molecule has 1 fully saturated rings. The summed E-state index contributed by atoms with van der Waals surface area (Å²) in [4.78, 5) is 13.9. The molecule has 2 aromatic carbocycles. The number of carbonyl (C=O) groups excluding carboxylic acids is 1. The lowest BCUT2D eigenvalue weighted by molar-refractivity contribution is 0.0667. The molecule has 1 aromatic heterocycles. The van der Waals surface area contributed by atoms with Gasteiger partial charge in [0.05, 0.1) is 0 Å². The second kappa shape index (κ2) is 7.75. The SMILES string of the molecule is Cc1c(C(=O)N2CCN(S(=O)(=O)c3ccc(F)cc3F)CC2)oc2ccc(Br)cc12. The number of halogens is 3. The Bertz CT molecular complexity index is 1250. The van der Waals surface area contributed by atoms with Gasteiger partial charge in [-0.3, -0.25) is 4.79 Å². The van der Waals surface area contributed by atoms with Crippen molar-refractivity contribution in [3.05, 3.63) is 63.8 Å². The molecule has 3 aromatic rings. The highest BCUT2D eigenvalue weighted by molar-refractivity contribution is 9.10. The van der Waals surface area contributed by atoms with Crippen LogP contribution in [0.3, 0.4) is 0 Å². The molecule has 0 atom stereocenters. The predicted octanol–water partition coefficient (Wildman–Crippen LogP) is 3.93. The first-order valence-corrected chi connectivity index (χ1v) is 11.3. The highest BCUT2D eigenvalue weighted by Crippen LogP contribution is 2.29. The topological polar surface area (TPSA) is 70.8 Å². The van der Waals surface area contributed by atoms with E-state index in [9.17, 15) is 22.0 Å². The molecule has 10 heteroatoms. The van der Waals surface area contributed by atoms with Gasteiger partial charge in [-0.05, 0) is 37.3 Å². The van der Waals surface area contributed by atoms with Gasteiger partial charge in [0.2, 0.25) is 10.0 Å². The van der Waals surface area contributed by atoms with E-state index in [0.717, 1.165) is 26.3 Å². The summed E-state index contributed by atoms with van der Waals surface area (Å²) < 4.78 is 60.2. The second-order valence-corrected chi connectivity index (χ2v) is 9.79. The number of nitrogens with zero attached hydrogens (tertiary/aromatic N) is 2. The molecule has 158 valence electrons. The summed E-state index contributed by atoms with van der Waals surface area (Å²) in [6.45, 7) is 2.04. The number of sulfonamides is 1. The third-order valence-corrected chi connectivity index (χ3v) is 7.56. The van der Waals surface area contributed by atoms with Crippen LogP contribution in [0.2, 0.25) is 0 Å². The van der Waals surface area contributed by atoms with Crippen LogP contribution in [0.4, 0.5) is 8.78 Å². The normalized spacial score (nSPS) is 15.7. The molecule has 0 spiro atoms. The van der Waals surface area contributed by atoms with Crippen molar-refractivity contribution in [1.29, 1.82) is 0 Å². The molecule has 0 N–H and O–H groups in total. The highest BCUT2D eigenvalue weighted by Gasteiger charge is 2.33. The van der Waals surface area contributed by atoms with Gasteiger partial charge in [-0.1, -0.05) is 15.9 Å². The van der Waals surface area contributed by atoms with Crippen molar-refractivity contribution < 1.29 is 26.4 Å². The van der Waals surface area contributed by atoms with E-state index in [1.54, 1.807) is 13.0 Å². The van der Waals surface area contributed by atoms with Crippen molar-refractivity contribution >= 4 is 42.8 Å². The first kappa shape index (κ1) is 21.0. The zero-order valence-corrected chi connectivity index (χ0v) is 18.3. The minimum atomic E-state index is -4.13. The van der Waals surface area contributed by atoms with E-state index < -0.39 is 26.6 Å². The number of carbonyl (C=O) groups is 1. The maximum Gasteiger partial charge on any atom is 0.289 e. The number of hydrogen-bond donors (Lipinski definition) is 0. The van der Waals surface area contributed by atoms with Gasteiger partial charge in [0.1, 0.15) is 22.1 Å². The predicted molar refractivity (Wildman–Crippen MR) is 110 cm³/mol. The first-order valence-electron chi connectivity index (χ1n) is 9.11. The molecular weight excluding hydrogens is 482 g/mol. The molecule has 1 aliphatic heterocycles. The van der Waals surface area contributed by atoms with Gasteiger partial charge in [-0.25, -0.2) is 17.2 Å². The van der Waals surface area contributed by atoms with Crippen LogP contribution in [0.25, 0.3) is 11.0 Å². The molecule has 0 bridgehead atoms. The summed E-state index contributed by atoms with van der Waals surface area (Å²) in [7, 11) is -4.13. The van der Waals surface area contributed by atoms with E-state index in [-0.39, 0.29) is 37.8 Å². The lowest BCUT2D eigenvalue weighted by Crippen LogP contribution is -2.50. The van der Waals surface area contributed by atoms with Crippen LogP contribution in [0.15, 0.2) is 50.2 Å². The first-order chi connectivity index (χ1) is 14.2. The van der Waals surface area contributed by atoms with E-state index in [4.69, 9.17) is 4.42 Å². The van der Waals surface area contributed by atoms with Gasteiger partial charge >= 0.3 is 0 Å². The molecule has 0 unspecified atom stereocenters. The van der Waals surface area contributed by atoms with Crippen LogP contribution < -0.4 is 0 Å². The Kier molecular flexibility index (Phi) is 5.41. The number of hydrogen-bond acceptors (Lipinski definition) is 4. The molecule has 0 saturated carbocycles. The fourth-order valence-electron chi connectivity index (χ4n) is 3.50. The fourth-order valence-corrected chi connectivity index (χ4v) is 5.32. The molecule has 30 heavy (non-hydrogen) atoms. The number of piperazine rings is 1. The van der Waals surface area contributed by atoms with E-state index >= 15 is 0 Å². The molecular formula is C20H17BrF2N2O4S. The third-order valence-electron chi connectivity index (χ3n) is 5.13. The van der Waals surface area contributed by atoms with E-state index in [1.807, 2.05) is 12.1 Å². The average Bonchev–Trinajstić information content (AvgIpc) is 3.03. The standard InChI is InChI=1S/C20H17BrF2N2O4S/c1-12-15-10-13(21)2-4-17(15)29-19(12)20(26)24-6-8-25(9-7-24)30(27,28)18-5-3-14(22)11-16(18)23/h2-5,10-11H,6-9H2,1H3. The smallest absolute Gasteiger partial charge is 0.289 e. The van der Waals surface area contributed by atoms with E-state index in [0.29, 0.717) is 17.2 Å². The van der Waals surface area contributed by atoms with Gasteiger partial charge in [-0.2, -0.15) is 4.31 Å². The zero-order valence-electron chi connectivity index (χ0n) is 15.9. The molecule has 1 aliphatic rings. The quantitative estimate of drug-likeness (QED) is 0.548. The van der Waals surface area contributed by atoms with Gasteiger partial charge < -0.3 is 9.32 Å². The number of fused-ring (bicyclic) bond motifs is 1. The summed E-state index contributed by atoms with van der Waals surface area (Å²) in [5, 5.41) is 0.820. The number of rotatable bonds is 3. The summed E-state index contributed by atoms with van der Waals surface area (Å²) in [6.07, 6.45) is 0. The molecule has 1 saturated heterocycles. The molecule has 1 amide bonds. The average molecular weight is 499 g/mol. The van der Waals surface area contributed by atoms with Gasteiger partial charge in [0.25, 0.3) is 5.91 Å². The maximum absolute atomic E-state index is 14.0. The van der Waals surface area contributed by atoms with Gasteiger partial charge in [0.15, 0.2) is 5.76 Å². The Morgan fingerprint density at radius 2 is 1.77 bits per heavy atom. The van der Waals surface area contributed by atoms with Crippen molar-refractivity contribution in [2.45, 2.75) is 11.8 Å².